The number of aliphatic hydroxyl groups is 1. The Balaban J connectivity index is 1.48. The zero-order chi connectivity index (χ0) is 32.0. The van der Waals surface area contributed by atoms with E-state index in [4.69, 9.17) is 19.3 Å². The Hall–Kier alpha value is -1.67. The van der Waals surface area contributed by atoms with E-state index in [0.717, 1.165) is 51.4 Å². The number of aliphatic carboxylic acids is 1. The van der Waals surface area contributed by atoms with Crippen molar-refractivity contribution in [2.45, 2.75) is 156 Å². The smallest absolute Gasteiger partial charge is 0.317 e. The van der Waals surface area contributed by atoms with Crippen molar-refractivity contribution in [2.24, 2.45) is 45.3 Å². The van der Waals surface area contributed by atoms with E-state index in [2.05, 4.69) is 41.5 Å². The van der Waals surface area contributed by atoms with Gasteiger partial charge in [0.05, 0.1) is 17.3 Å². The molecule has 2 N–H and O–H groups in total. The summed E-state index contributed by atoms with van der Waals surface area (Å²) < 4.78 is 18.9. The average molecular weight is 605 g/mol. The predicted octanol–water partition coefficient (Wildman–Crippen LogP) is 6.31. The molecule has 1 saturated heterocycles. The van der Waals surface area contributed by atoms with Crippen LogP contribution in [0.2, 0.25) is 0 Å². The minimum absolute atomic E-state index is 0.0296. The monoisotopic (exact) mass is 604 g/mol. The van der Waals surface area contributed by atoms with Gasteiger partial charge in [-0.3, -0.25) is 14.4 Å². The Labute approximate surface area is 258 Å². The van der Waals surface area contributed by atoms with E-state index in [0.29, 0.717) is 12.3 Å². The van der Waals surface area contributed by atoms with Gasteiger partial charge in [-0.05, 0) is 113 Å². The summed E-state index contributed by atoms with van der Waals surface area (Å²) in [6.45, 7) is 19.2. The van der Waals surface area contributed by atoms with E-state index < -0.39 is 24.0 Å². The van der Waals surface area contributed by atoms with Crippen molar-refractivity contribution < 1.29 is 38.8 Å². The van der Waals surface area contributed by atoms with Crippen LogP contribution in [0.1, 0.15) is 127 Å². The molecule has 1 heterocycles. The van der Waals surface area contributed by atoms with Gasteiger partial charge in [0.25, 0.3) is 0 Å². The fraction of sp³-hybridized carbons (Fsp3) is 0.914. The van der Waals surface area contributed by atoms with Gasteiger partial charge in [0.2, 0.25) is 0 Å². The van der Waals surface area contributed by atoms with Crippen LogP contribution in [0.15, 0.2) is 0 Å². The van der Waals surface area contributed by atoms with Crippen molar-refractivity contribution in [1.82, 2.24) is 0 Å². The molecule has 0 aromatic heterocycles. The second kappa shape index (κ2) is 10.4. The van der Waals surface area contributed by atoms with Crippen molar-refractivity contribution in [1.29, 1.82) is 0 Å². The minimum Gasteiger partial charge on any atom is -0.481 e. The second-order valence-corrected chi connectivity index (χ2v) is 17.1. The molecule has 4 aliphatic carbocycles. The number of carbonyl (C=O) groups is 3. The number of esters is 2. The zero-order valence-electron chi connectivity index (χ0n) is 28.0. The van der Waals surface area contributed by atoms with E-state index >= 15 is 0 Å². The van der Waals surface area contributed by atoms with Gasteiger partial charge in [-0.25, -0.2) is 0 Å². The Morgan fingerprint density at radius 2 is 1.51 bits per heavy atom. The number of hydrogen-bond acceptors (Lipinski definition) is 7. The molecule has 5 fully saturated rings. The number of ether oxygens (including phenoxy) is 3. The molecule has 0 aromatic carbocycles. The summed E-state index contributed by atoms with van der Waals surface area (Å²) in [5, 5.41) is 19.9. The highest BCUT2D eigenvalue weighted by atomic mass is 16.6. The van der Waals surface area contributed by atoms with Gasteiger partial charge in [0, 0.05) is 18.3 Å². The highest BCUT2D eigenvalue weighted by molar-refractivity contribution is 5.90. The Morgan fingerprint density at radius 1 is 0.860 bits per heavy atom. The van der Waals surface area contributed by atoms with Crippen LogP contribution in [0, 0.1) is 45.3 Å². The summed E-state index contributed by atoms with van der Waals surface area (Å²) in [6.07, 6.45) is 6.90. The number of carboxylic acids is 1. The molecule has 6 unspecified atom stereocenters. The molecule has 8 nitrogen and oxygen atoms in total. The maximum Gasteiger partial charge on any atom is 0.317 e. The molecule has 11 atom stereocenters. The van der Waals surface area contributed by atoms with Crippen LogP contribution in [-0.2, 0) is 28.6 Å². The Morgan fingerprint density at radius 3 is 2.09 bits per heavy atom. The molecule has 5 rings (SSSR count). The maximum absolute atomic E-state index is 12.6. The summed E-state index contributed by atoms with van der Waals surface area (Å²) in [5.74, 6) is -1.05. The number of carbonyl (C=O) groups excluding carboxylic acids is 2. The third-order valence-corrected chi connectivity index (χ3v) is 14.1. The average Bonchev–Trinajstić information content (AvgIpc) is 3.44. The minimum atomic E-state index is -1.17. The van der Waals surface area contributed by atoms with Gasteiger partial charge in [-0.2, -0.15) is 0 Å². The Kier molecular flexibility index (Phi) is 7.94. The molecule has 43 heavy (non-hydrogen) atoms. The van der Waals surface area contributed by atoms with E-state index in [-0.39, 0.29) is 69.3 Å². The highest BCUT2D eigenvalue weighted by Crippen LogP contribution is 2.76. The topological polar surface area (TPSA) is 119 Å². The van der Waals surface area contributed by atoms with Crippen molar-refractivity contribution in [2.75, 3.05) is 0 Å². The molecule has 0 bridgehead atoms. The molecule has 0 spiro atoms. The highest BCUT2D eigenvalue weighted by Gasteiger charge is 2.72. The van der Waals surface area contributed by atoms with Gasteiger partial charge < -0.3 is 24.4 Å². The van der Waals surface area contributed by atoms with E-state index in [9.17, 15) is 19.5 Å². The van der Waals surface area contributed by atoms with E-state index in [1.165, 1.54) is 6.92 Å². The molecule has 244 valence electrons. The molecule has 5 aliphatic rings. The van der Waals surface area contributed by atoms with Crippen LogP contribution < -0.4 is 0 Å². The van der Waals surface area contributed by atoms with Crippen LogP contribution in [0.3, 0.4) is 0 Å². The summed E-state index contributed by atoms with van der Waals surface area (Å²) in [4.78, 5) is 36.2. The molecule has 4 saturated carbocycles. The number of rotatable bonds is 6. The molecule has 0 radical (unpaired) electrons. The summed E-state index contributed by atoms with van der Waals surface area (Å²) in [6, 6.07) is 0. The molecule has 0 aromatic rings. The Bertz CT molecular complexity index is 1140. The second-order valence-electron chi connectivity index (χ2n) is 17.1. The predicted molar refractivity (Wildman–Crippen MR) is 161 cm³/mol. The van der Waals surface area contributed by atoms with Crippen molar-refractivity contribution in [3.63, 3.8) is 0 Å². The van der Waals surface area contributed by atoms with E-state index in [1.807, 2.05) is 13.8 Å². The van der Waals surface area contributed by atoms with Crippen molar-refractivity contribution >= 4 is 17.9 Å². The molecule has 8 heteroatoms. The van der Waals surface area contributed by atoms with Gasteiger partial charge in [-0.15, -0.1) is 0 Å². The van der Waals surface area contributed by atoms with Crippen LogP contribution >= 0.6 is 0 Å². The summed E-state index contributed by atoms with van der Waals surface area (Å²) >= 11 is 0. The standard InChI is InChI=1S/C35H56O8/c1-20(36)41-22-18-24-32(6)14-12-25(42-28(39)19-27(37)38)30(2,3)23(32)11-16-33(24,7)34(8)15-10-21(29(22)34)35(9)17-13-26(43-35)31(4,5)40/h21-26,29,40H,10-19H2,1-9H3,(H,37,38)/t21?,22?,23?,24-,25?,26?,29+,32+,33-,34-,35?/m1/s1. The number of fused-ring (bicyclic) bond motifs is 5. The lowest BCUT2D eigenvalue weighted by Gasteiger charge is -2.70. The van der Waals surface area contributed by atoms with Crippen LogP contribution in [0.4, 0.5) is 0 Å². The quantitative estimate of drug-likeness (QED) is 0.268. The maximum atomic E-state index is 12.6. The van der Waals surface area contributed by atoms with E-state index in [1.54, 1.807) is 0 Å². The first kappa shape index (κ1) is 32.7. The summed E-state index contributed by atoms with van der Waals surface area (Å²) in [5.41, 5.74) is -1.66. The third-order valence-electron chi connectivity index (χ3n) is 14.1. The van der Waals surface area contributed by atoms with Gasteiger partial charge in [0.1, 0.15) is 18.6 Å². The molecular formula is C35H56O8. The number of hydrogen-bond donors (Lipinski definition) is 2. The fourth-order valence-electron chi connectivity index (χ4n) is 11.9. The molecule has 0 amide bonds. The lowest BCUT2D eigenvalue weighted by Crippen LogP contribution is -2.67. The van der Waals surface area contributed by atoms with Crippen molar-refractivity contribution in [3.05, 3.63) is 0 Å². The van der Waals surface area contributed by atoms with Gasteiger partial charge >= 0.3 is 17.9 Å². The molecular weight excluding hydrogens is 548 g/mol. The van der Waals surface area contributed by atoms with Crippen LogP contribution in [-0.4, -0.2) is 57.6 Å². The van der Waals surface area contributed by atoms with Gasteiger partial charge in [0.15, 0.2) is 0 Å². The van der Waals surface area contributed by atoms with Crippen LogP contribution in [0.5, 0.6) is 0 Å². The first-order valence-electron chi connectivity index (χ1n) is 16.7. The van der Waals surface area contributed by atoms with Gasteiger partial charge in [-0.1, -0.05) is 34.6 Å². The van der Waals surface area contributed by atoms with Crippen LogP contribution in [0.25, 0.3) is 0 Å². The number of carboxylic acid groups (broad SMARTS) is 1. The molecule has 1 aliphatic heterocycles. The zero-order valence-corrected chi connectivity index (χ0v) is 28.0. The third kappa shape index (κ3) is 5.05. The lowest BCUT2D eigenvalue weighted by atomic mass is 9.35. The summed E-state index contributed by atoms with van der Waals surface area (Å²) in [7, 11) is 0. The fourth-order valence-corrected chi connectivity index (χ4v) is 11.9. The largest absolute Gasteiger partial charge is 0.481 e. The SMILES string of the molecule is CC(=O)OC1C[C@@H]2[C@@]3(C)CCC(OC(=O)CC(=O)O)C(C)(C)C3CC[C@@]2(C)[C@]2(C)CCC(C3(C)CCC(C(C)(C)O)O3)[C@@H]12. The normalized spacial score (nSPS) is 47.2. The first-order chi connectivity index (χ1) is 19.7. The lowest BCUT2D eigenvalue weighted by molar-refractivity contribution is -0.254. The first-order valence-corrected chi connectivity index (χ1v) is 16.7. The van der Waals surface area contributed by atoms with Crippen molar-refractivity contribution in [3.8, 4) is 0 Å².